The summed E-state index contributed by atoms with van der Waals surface area (Å²) in [7, 11) is 3.54. The molecular weight excluding hydrogens is 442 g/mol. The molecule has 0 aliphatic carbocycles. The first-order valence-electron chi connectivity index (χ1n) is 12.4. The van der Waals surface area contributed by atoms with Gasteiger partial charge in [-0.05, 0) is 66.6 Å². The number of benzene rings is 2. The highest BCUT2D eigenvalue weighted by Gasteiger charge is 2.29. The fourth-order valence-corrected chi connectivity index (χ4v) is 5.14. The van der Waals surface area contributed by atoms with E-state index in [1.165, 1.54) is 0 Å². The second kappa shape index (κ2) is 10.6. The molecule has 1 atom stereocenters. The van der Waals surface area contributed by atoms with Crippen molar-refractivity contribution in [2.45, 2.75) is 45.6 Å². The van der Waals surface area contributed by atoms with Crippen LogP contribution in [0.1, 0.15) is 48.2 Å². The summed E-state index contributed by atoms with van der Waals surface area (Å²) in [5, 5.41) is 0. The number of fused-ring (bicyclic) bond motifs is 1. The molecule has 1 fully saturated rings. The molecule has 4 rings (SSSR count). The summed E-state index contributed by atoms with van der Waals surface area (Å²) in [5.41, 5.74) is 5.94. The van der Waals surface area contributed by atoms with E-state index in [0.29, 0.717) is 44.7 Å². The number of morpholine rings is 1. The maximum Gasteiger partial charge on any atom is 0.254 e. The van der Waals surface area contributed by atoms with Gasteiger partial charge in [-0.2, -0.15) is 0 Å². The lowest BCUT2D eigenvalue weighted by Gasteiger charge is -2.36. The lowest BCUT2D eigenvalue weighted by atomic mass is 9.85. The Hall–Kier alpha value is -3.19. The smallest absolute Gasteiger partial charge is 0.254 e. The van der Waals surface area contributed by atoms with E-state index in [0.717, 1.165) is 40.8 Å². The van der Waals surface area contributed by atoms with E-state index in [-0.39, 0.29) is 23.8 Å². The quantitative estimate of drug-likeness (QED) is 0.661. The number of carbonyl (C=O) groups is 3. The van der Waals surface area contributed by atoms with E-state index in [1.54, 1.807) is 25.9 Å². The van der Waals surface area contributed by atoms with Crippen molar-refractivity contribution in [2.75, 3.05) is 45.3 Å². The Morgan fingerprint density at radius 3 is 2.34 bits per heavy atom. The fraction of sp³-hybridized carbons (Fsp3) is 0.464. The highest BCUT2D eigenvalue weighted by molar-refractivity contribution is 5.96. The third-order valence-electron chi connectivity index (χ3n) is 7.09. The zero-order valence-electron chi connectivity index (χ0n) is 21.2. The number of anilines is 1. The number of hydrogen-bond acceptors (Lipinski definition) is 4. The number of amides is 3. The maximum atomic E-state index is 12.9. The van der Waals surface area contributed by atoms with Crippen LogP contribution in [0, 0.1) is 0 Å². The number of rotatable bonds is 5. The van der Waals surface area contributed by atoms with Crippen LogP contribution in [0.5, 0.6) is 0 Å². The first-order valence-corrected chi connectivity index (χ1v) is 12.4. The van der Waals surface area contributed by atoms with E-state index in [4.69, 9.17) is 4.74 Å². The van der Waals surface area contributed by atoms with Gasteiger partial charge in [-0.1, -0.05) is 18.2 Å². The molecule has 0 saturated carbocycles. The van der Waals surface area contributed by atoms with Crippen LogP contribution in [0.15, 0.2) is 36.4 Å². The van der Waals surface area contributed by atoms with Gasteiger partial charge in [-0.25, -0.2) is 0 Å². The number of ether oxygens (including phenoxy) is 1. The number of carbonyl (C=O) groups excluding carboxylic acids is 3. The second-order valence-electron chi connectivity index (χ2n) is 9.64. The monoisotopic (exact) mass is 477 g/mol. The molecule has 2 heterocycles. The Kier molecular flexibility index (Phi) is 7.55. The number of hydrogen-bond donors (Lipinski definition) is 0. The molecule has 7 heteroatoms. The van der Waals surface area contributed by atoms with Gasteiger partial charge in [0.1, 0.15) is 0 Å². The number of nitrogens with zero attached hydrogens (tertiary/aromatic N) is 3. The molecule has 2 aliphatic heterocycles. The molecule has 0 aromatic heterocycles. The first kappa shape index (κ1) is 24.9. The molecule has 2 aromatic rings. The third-order valence-corrected chi connectivity index (χ3v) is 7.09. The minimum Gasteiger partial charge on any atom is -0.378 e. The maximum absolute atomic E-state index is 12.9. The predicted molar refractivity (Wildman–Crippen MR) is 137 cm³/mol. The molecule has 0 spiro atoms. The van der Waals surface area contributed by atoms with Crippen LogP contribution in [0.3, 0.4) is 0 Å². The molecule has 3 amide bonds. The average molecular weight is 478 g/mol. The van der Waals surface area contributed by atoms with Crippen LogP contribution in [-0.4, -0.2) is 74.0 Å². The van der Waals surface area contributed by atoms with Gasteiger partial charge in [0.2, 0.25) is 11.8 Å². The van der Waals surface area contributed by atoms with Gasteiger partial charge in [-0.3, -0.25) is 14.4 Å². The SMILES string of the molecule is CC(=O)N1c2ccc(-c3ccc(C(=O)N4CCOCC4)cc3)c(CCC(=O)N(C)C)c2CC[C@@H]1C. The normalized spacial score (nSPS) is 17.7. The zero-order valence-corrected chi connectivity index (χ0v) is 21.2. The lowest BCUT2D eigenvalue weighted by Crippen LogP contribution is -2.41. The summed E-state index contributed by atoms with van der Waals surface area (Å²) in [6.07, 6.45) is 2.76. The predicted octanol–water partition coefficient (Wildman–Crippen LogP) is 3.53. The summed E-state index contributed by atoms with van der Waals surface area (Å²) in [4.78, 5) is 43.1. The van der Waals surface area contributed by atoms with Crippen molar-refractivity contribution in [1.82, 2.24) is 9.80 Å². The molecule has 7 nitrogen and oxygen atoms in total. The van der Waals surface area contributed by atoms with Crippen molar-refractivity contribution in [3.8, 4) is 11.1 Å². The largest absolute Gasteiger partial charge is 0.378 e. The van der Waals surface area contributed by atoms with E-state index < -0.39 is 0 Å². The third kappa shape index (κ3) is 5.25. The van der Waals surface area contributed by atoms with Crippen LogP contribution in [0.4, 0.5) is 5.69 Å². The molecule has 186 valence electrons. The van der Waals surface area contributed by atoms with Gasteiger partial charge >= 0.3 is 0 Å². The Bertz CT molecular complexity index is 1100. The Labute approximate surface area is 207 Å². The first-order chi connectivity index (χ1) is 16.8. The standard InChI is InChI=1S/C28H35N3O4/c1-19-5-10-25-24(12-14-27(33)29(3)4)23(11-13-26(25)31(19)20(2)32)21-6-8-22(9-7-21)28(34)30-15-17-35-18-16-30/h6-9,11,13,19H,5,10,12,14-18H2,1-4H3/t19-/m0/s1. The average Bonchev–Trinajstić information content (AvgIpc) is 2.86. The second-order valence-corrected chi connectivity index (χ2v) is 9.64. The van der Waals surface area contributed by atoms with E-state index in [2.05, 4.69) is 13.0 Å². The van der Waals surface area contributed by atoms with E-state index in [1.807, 2.05) is 40.1 Å². The van der Waals surface area contributed by atoms with E-state index >= 15 is 0 Å². The highest BCUT2D eigenvalue weighted by atomic mass is 16.5. The summed E-state index contributed by atoms with van der Waals surface area (Å²) in [6.45, 7) is 6.06. The summed E-state index contributed by atoms with van der Waals surface area (Å²) in [5.74, 6) is 0.133. The minimum atomic E-state index is 0.0215. The van der Waals surface area contributed by atoms with Crippen LogP contribution in [0.2, 0.25) is 0 Å². The topological polar surface area (TPSA) is 70.2 Å². The molecule has 2 aliphatic rings. The Morgan fingerprint density at radius 2 is 1.71 bits per heavy atom. The highest BCUT2D eigenvalue weighted by Crippen LogP contribution is 2.39. The van der Waals surface area contributed by atoms with E-state index in [9.17, 15) is 14.4 Å². The minimum absolute atomic E-state index is 0.0215. The molecule has 35 heavy (non-hydrogen) atoms. The fourth-order valence-electron chi connectivity index (χ4n) is 5.14. The lowest BCUT2D eigenvalue weighted by molar-refractivity contribution is -0.128. The van der Waals surface area contributed by atoms with Gasteiger partial charge in [0.15, 0.2) is 0 Å². The van der Waals surface area contributed by atoms with Crippen molar-refractivity contribution in [1.29, 1.82) is 0 Å². The van der Waals surface area contributed by atoms with Crippen molar-refractivity contribution in [3.63, 3.8) is 0 Å². The molecule has 0 N–H and O–H groups in total. The van der Waals surface area contributed by atoms with Crippen LogP contribution in [0.25, 0.3) is 11.1 Å². The molecule has 0 unspecified atom stereocenters. The molecular formula is C28H35N3O4. The van der Waals surface area contributed by atoms with Crippen LogP contribution < -0.4 is 4.90 Å². The Morgan fingerprint density at radius 1 is 1.03 bits per heavy atom. The summed E-state index contributed by atoms with van der Waals surface area (Å²) >= 11 is 0. The molecule has 0 bridgehead atoms. The van der Waals surface area contributed by atoms with Gasteiger partial charge in [0.25, 0.3) is 5.91 Å². The molecule has 1 saturated heterocycles. The molecule has 2 aromatic carbocycles. The van der Waals surface area contributed by atoms with Crippen LogP contribution >= 0.6 is 0 Å². The molecule has 0 radical (unpaired) electrons. The van der Waals surface area contributed by atoms with Crippen molar-refractivity contribution >= 4 is 23.4 Å². The summed E-state index contributed by atoms with van der Waals surface area (Å²) < 4.78 is 5.36. The van der Waals surface area contributed by atoms with Gasteiger partial charge in [0, 0.05) is 57.8 Å². The van der Waals surface area contributed by atoms with Gasteiger partial charge in [0.05, 0.1) is 13.2 Å². The van der Waals surface area contributed by atoms with Crippen molar-refractivity contribution in [3.05, 3.63) is 53.1 Å². The van der Waals surface area contributed by atoms with Gasteiger partial charge < -0.3 is 19.4 Å². The summed E-state index contributed by atoms with van der Waals surface area (Å²) in [6, 6.07) is 12.0. The van der Waals surface area contributed by atoms with Crippen LogP contribution in [-0.2, 0) is 27.2 Å². The van der Waals surface area contributed by atoms with Gasteiger partial charge in [-0.15, -0.1) is 0 Å². The van der Waals surface area contributed by atoms with Crippen molar-refractivity contribution < 1.29 is 19.1 Å². The zero-order chi connectivity index (χ0) is 25.1. The van der Waals surface area contributed by atoms with Crippen molar-refractivity contribution in [2.24, 2.45) is 0 Å². The Balaban J connectivity index is 1.70.